The lowest BCUT2D eigenvalue weighted by Gasteiger charge is -2.13. The molecule has 0 amide bonds. The monoisotopic (exact) mass is 311 g/mol. The van der Waals surface area contributed by atoms with E-state index in [-0.39, 0.29) is 23.7 Å². The highest BCUT2D eigenvalue weighted by atomic mass is 79.9. The molecule has 2 nitrogen and oxygen atoms in total. The molecule has 1 atom stereocenters. The number of nitrogens with one attached hydrogen (secondary N) is 1. The summed E-state index contributed by atoms with van der Waals surface area (Å²) < 4.78 is 37.8. The summed E-state index contributed by atoms with van der Waals surface area (Å²) in [6, 6.07) is 3.94. The number of rotatable bonds is 4. The van der Waals surface area contributed by atoms with Crippen molar-refractivity contribution in [1.82, 2.24) is 5.32 Å². The third kappa shape index (κ3) is 4.29. The Balaban J connectivity index is 2.82. The fourth-order valence-electron chi connectivity index (χ4n) is 1.26. The molecule has 2 N–H and O–H groups in total. The van der Waals surface area contributed by atoms with Gasteiger partial charge in [0.25, 0.3) is 0 Å². The molecule has 1 aromatic carbocycles. The Morgan fingerprint density at radius 1 is 1.41 bits per heavy atom. The second-order valence-electron chi connectivity index (χ2n) is 3.78. The van der Waals surface area contributed by atoms with Crippen molar-refractivity contribution in [3.05, 3.63) is 33.8 Å². The van der Waals surface area contributed by atoms with Gasteiger partial charge in [-0.2, -0.15) is 13.2 Å². The molecule has 0 radical (unpaired) electrons. The molecule has 1 aromatic rings. The average molecular weight is 312 g/mol. The van der Waals surface area contributed by atoms with Gasteiger partial charge in [-0.25, -0.2) is 0 Å². The first kappa shape index (κ1) is 14.5. The highest BCUT2D eigenvalue weighted by molar-refractivity contribution is 9.10. The van der Waals surface area contributed by atoms with Gasteiger partial charge in [0, 0.05) is 17.1 Å². The van der Waals surface area contributed by atoms with Gasteiger partial charge >= 0.3 is 6.18 Å². The molecule has 1 rings (SSSR count). The lowest BCUT2D eigenvalue weighted by atomic mass is 10.1. The predicted molar refractivity (Wildman–Crippen MR) is 62.5 cm³/mol. The second-order valence-corrected chi connectivity index (χ2v) is 4.63. The van der Waals surface area contributed by atoms with Crippen LogP contribution in [-0.2, 0) is 12.7 Å². The van der Waals surface area contributed by atoms with Gasteiger partial charge in [-0.3, -0.25) is 0 Å². The van der Waals surface area contributed by atoms with Gasteiger partial charge in [-0.15, -0.1) is 0 Å². The maximum Gasteiger partial charge on any atom is 0.417 e. The van der Waals surface area contributed by atoms with Crippen LogP contribution in [0.5, 0.6) is 0 Å². The van der Waals surface area contributed by atoms with Crippen LogP contribution in [0.4, 0.5) is 13.2 Å². The third-order valence-corrected chi connectivity index (χ3v) is 2.96. The number of benzene rings is 1. The molecule has 0 aliphatic rings. The van der Waals surface area contributed by atoms with Crippen LogP contribution >= 0.6 is 15.9 Å². The molecule has 0 spiro atoms. The Morgan fingerprint density at radius 3 is 2.59 bits per heavy atom. The fourth-order valence-corrected chi connectivity index (χ4v) is 1.73. The van der Waals surface area contributed by atoms with Crippen molar-refractivity contribution >= 4 is 15.9 Å². The standard InChI is InChI=1S/C11H13BrF3NO/c1-7(6-17)16-5-8-2-3-10(12)9(4-8)11(13,14)15/h2-4,7,16-17H,5-6H2,1H3. The van der Waals surface area contributed by atoms with Crippen LogP contribution < -0.4 is 5.32 Å². The zero-order chi connectivity index (χ0) is 13.1. The Labute approximate surface area is 106 Å². The maximum absolute atomic E-state index is 12.6. The molecule has 1 unspecified atom stereocenters. The van der Waals surface area contributed by atoms with Gasteiger partial charge in [0.1, 0.15) is 0 Å². The number of hydrogen-bond donors (Lipinski definition) is 2. The Morgan fingerprint density at radius 2 is 2.06 bits per heavy atom. The summed E-state index contributed by atoms with van der Waals surface area (Å²) in [4.78, 5) is 0. The quantitative estimate of drug-likeness (QED) is 0.896. The van der Waals surface area contributed by atoms with Gasteiger partial charge < -0.3 is 10.4 Å². The minimum absolute atomic E-state index is 0.0314. The van der Waals surface area contributed by atoms with Crippen molar-refractivity contribution in [3.63, 3.8) is 0 Å². The van der Waals surface area contributed by atoms with Crippen LogP contribution in [0.25, 0.3) is 0 Å². The van der Waals surface area contributed by atoms with Crippen molar-refractivity contribution in [3.8, 4) is 0 Å². The summed E-state index contributed by atoms with van der Waals surface area (Å²) in [7, 11) is 0. The van der Waals surface area contributed by atoms with Crippen molar-refractivity contribution in [2.45, 2.75) is 25.7 Å². The van der Waals surface area contributed by atoms with Crippen LogP contribution in [0, 0.1) is 0 Å². The van der Waals surface area contributed by atoms with Crippen LogP contribution in [0.3, 0.4) is 0 Å². The number of halogens is 4. The zero-order valence-electron chi connectivity index (χ0n) is 9.18. The van der Waals surface area contributed by atoms with Gasteiger partial charge in [-0.1, -0.05) is 22.0 Å². The SMILES string of the molecule is CC(CO)NCc1ccc(Br)c(C(F)(F)F)c1. The minimum Gasteiger partial charge on any atom is -0.395 e. The van der Waals surface area contributed by atoms with Crippen molar-refractivity contribution in [1.29, 1.82) is 0 Å². The number of hydrogen-bond acceptors (Lipinski definition) is 2. The van der Waals surface area contributed by atoms with E-state index in [2.05, 4.69) is 21.2 Å². The molecule has 17 heavy (non-hydrogen) atoms. The van der Waals surface area contributed by atoms with Gasteiger partial charge in [0.05, 0.1) is 12.2 Å². The highest BCUT2D eigenvalue weighted by Crippen LogP contribution is 2.35. The van der Waals surface area contributed by atoms with Crippen LogP contribution in [0.1, 0.15) is 18.1 Å². The molecule has 0 aromatic heterocycles. The molecule has 0 saturated carbocycles. The van der Waals surface area contributed by atoms with Crippen molar-refractivity contribution in [2.75, 3.05) is 6.61 Å². The molecule has 96 valence electrons. The van der Waals surface area contributed by atoms with E-state index in [9.17, 15) is 13.2 Å². The molecule has 0 aliphatic carbocycles. The maximum atomic E-state index is 12.6. The lowest BCUT2D eigenvalue weighted by molar-refractivity contribution is -0.138. The zero-order valence-corrected chi connectivity index (χ0v) is 10.8. The normalized spacial score (nSPS) is 13.8. The summed E-state index contributed by atoms with van der Waals surface area (Å²) >= 11 is 2.88. The molecule has 6 heteroatoms. The van der Waals surface area contributed by atoms with E-state index in [0.29, 0.717) is 5.56 Å². The second kappa shape index (κ2) is 5.84. The third-order valence-electron chi connectivity index (χ3n) is 2.26. The molecular weight excluding hydrogens is 299 g/mol. The first-order chi connectivity index (χ1) is 7.84. The lowest BCUT2D eigenvalue weighted by Crippen LogP contribution is -2.28. The van der Waals surface area contributed by atoms with E-state index in [0.717, 1.165) is 6.07 Å². The number of aliphatic hydroxyl groups excluding tert-OH is 1. The fraction of sp³-hybridized carbons (Fsp3) is 0.455. The average Bonchev–Trinajstić information content (AvgIpc) is 2.26. The summed E-state index contributed by atoms with van der Waals surface area (Å²) in [5.41, 5.74) is -0.158. The van der Waals surface area contributed by atoms with Gasteiger partial charge in [0.15, 0.2) is 0 Å². The van der Waals surface area contributed by atoms with E-state index in [1.54, 1.807) is 13.0 Å². The largest absolute Gasteiger partial charge is 0.417 e. The molecule has 0 bridgehead atoms. The van der Waals surface area contributed by atoms with Crippen molar-refractivity contribution in [2.24, 2.45) is 0 Å². The van der Waals surface area contributed by atoms with Crippen LogP contribution in [0.2, 0.25) is 0 Å². The first-order valence-corrected chi connectivity index (χ1v) is 5.83. The Hall–Kier alpha value is -0.590. The van der Waals surface area contributed by atoms with Crippen molar-refractivity contribution < 1.29 is 18.3 Å². The molecule has 0 aliphatic heterocycles. The van der Waals surface area contributed by atoms with E-state index in [4.69, 9.17) is 5.11 Å². The van der Waals surface area contributed by atoms with E-state index >= 15 is 0 Å². The van der Waals surface area contributed by atoms with E-state index < -0.39 is 11.7 Å². The molecule has 0 saturated heterocycles. The smallest absolute Gasteiger partial charge is 0.395 e. The molecule has 0 fully saturated rings. The summed E-state index contributed by atoms with van der Waals surface area (Å²) in [5, 5.41) is 11.7. The first-order valence-electron chi connectivity index (χ1n) is 5.04. The highest BCUT2D eigenvalue weighted by Gasteiger charge is 2.32. The topological polar surface area (TPSA) is 32.3 Å². The van der Waals surface area contributed by atoms with Crippen LogP contribution in [-0.4, -0.2) is 17.8 Å². The molecular formula is C11H13BrF3NO. The minimum atomic E-state index is -4.36. The Kier molecular flexibility index (Phi) is 4.97. The van der Waals surface area contributed by atoms with Crippen LogP contribution in [0.15, 0.2) is 22.7 Å². The summed E-state index contributed by atoms with van der Waals surface area (Å²) in [6.07, 6.45) is -4.36. The van der Waals surface area contributed by atoms with E-state index in [1.807, 2.05) is 0 Å². The Bertz CT molecular complexity index is 381. The summed E-state index contributed by atoms with van der Waals surface area (Å²) in [5.74, 6) is 0. The molecule has 0 heterocycles. The number of alkyl halides is 3. The van der Waals surface area contributed by atoms with Gasteiger partial charge in [-0.05, 0) is 24.6 Å². The summed E-state index contributed by atoms with van der Waals surface area (Å²) in [6.45, 7) is 1.99. The van der Waals surface area contributed by atoms with Gasteiger partial charge in [0.2, 0.25) is 0 Å². The predicted octanol–water partition coefficient (Wildman–Crippen LogP) is 2.94. The van der Waals surface area contributed by atoms with E-state index in [1.165, 1.54) is 6.07 Å². The number of aliphatic hydroxyl groups is 1.